The molecule has 0 saturated heterocycles. The van der Waals surface area contributed by atoms with E-state index in [4.69, 9.17) is 9.47 Å². The number of ether oxygens (including phenoxy) is 2. The van der Waals surface area contributed by atoms with Crippen LogP contribution < -0.4 is 9.47 Å². The van der Waals surface area contributed by atoms with Crippen LogP contribution >= 0.6 is 0 Å². The van der Waals surface area contributed by atoms with E-state index in [1.165, 1.54) is 13.8 Å². The van der Waals surface area contributed by atoms with Crippen LogP contribution in [0.4, 0.5) is 0 Å². The van der Waals surface area contributed by atoms with Crippen molar-refractivity contribution >= 4 is 23.1 Å². The largest absolute Gasteiger partial charge is 0.426 e. The van der Waals surface area contributed by atoms with Crippen LogP contribution in [0.25, 0.3) is 11.1 Å². The summed E-state index contributed by atoms with van der Waals surface area (Å²) in [5.74, 6) is 0.368. The van der Waals surface area contributed by atoms with E-state index in [1.807, 2.05) is 50.2 Å². The molecule has 2 rings (SSSR count). The molecule has 0 amide bonds. The van der Waals surface area contributed by atoms with Gasteiger partial charge < -0.3 is 9.47 Å². The van der Waals surface area contributed by atoms with Gasteiger partial charge in [-0.1, -0.05) is 36.4 Å². The number of rotatable bonds is 9. The summed E-state index contributed by atoms with van der Waals surface area (Å²) < 4.78 is 10.7. The minimum absolute atomic E-state index is 0.355. The Kier molecular flexibility index (Phi) is 8.96. The van der Waals surface area contributed by atoms with Gasteiger partial charge in [-0.3, -0.25) is 9.59 Å². The summed E-state index contributed by atoms with van der Waals surface area (Å²) in [7, 11) is 0. The lowest BCUT2D eigenvalue weighted by atomic mass is 9.89. The predicted octanol–water partition coefficient (Wildman–Crippen LogP) is 6.50. The summed E-state index contributed by atoms with van der Waals surface area (Å²) in [4.78, 5) is 22.9. The van der Waals surface area contributed by atoms with Gasteiger partial charge in [0, 0.05) is 13.8 Å². The lowest BCUT2D eigenvalue weighted by Crippen LogP contribution is -2.05. The highest BCUT2D eigenvalue weighted by molar-refractivity contribution is 6.05. The molecule has 166 valence electrons. The lowest BCUT2D eigenvalue weighted by Gasteiger charge is -2.17. The number of carbonyl (C=O) groups is 2. The molecule has 0 aliphatic heterocycles. The van der Waals surface area contributed by atoms with E-state index in [-0.39, 0.29) is 11.9 Å². The molecular weight excluding hydrogens is 400 g/mol. The number of hydrogen-bond acceptors (Lipinski definition) is 4. The molecule has 4 nitrogen and oxygen atoms in total. The molecule has 0 fully saturated rings. The van der Waals surface area contributed by atoms with E-state index in [2.05, 4.69) is 25.3 Å². The van der Waals surface area contributed by atoms with Gasteiger partial charge in [0.1, 0.15) is 11.5 Å². The lowest BCUT2D eigenvalue weighted by molar-refractivity contribution is -0.132. The van der Waals surface area contributed by atoms with E-state index < -0.39 is 0 Å². The van der Waals surface area contributed by atoms with Gasteiger partial charge in [-0.25, -0.2) is 0 Å². The molecule has 32 heavy (non-hydrogen) atoms. The second kappa shape index (κ2) is 11.7. The van der Waals surface area contributed by atoms with Crippen molar-refractivity contribution in [2.75, 3.05) is 0 Å². The van der Waals surface area contributed by atoms with Gasteiger partial charge in [0.15, 0.2) is 0 Å². The van der Waals surface area contributed by atoms with E-state index in [9.17, 15) is 9.59 Å². The van der Waals surface area contributed by atoms with Crippen molar-refractivity contribution in [1.29, 1.82) is 0 Å². The Morgan fingerprint density at radius 3 is 1.41 bits per heavy atom. The van der Waals surface area contributed by atoms with Crippen LogP contribution in [0.5, 0.6) is 11.5 Å². The summed E-state index contributed by atoms with van der Waals surface area (Å²) in [5.41, 5.74) is 5.86. The highest BCUT2D eigenvalue weighted by atomic mass is 16.5. The zero-order chi connectivity index (χ0) is 23.7. The van der Waals surface area contributed by atoms with Gasteiger partial charge in [-0.05, 0) is 84.4 Å². The molecule has 2 aromatic carbocycles. The second-order valence-electron chi connectivity index (χ2n) is 7.22. The maximum absolute atomic E-state index is 11.5. The third-order valence-electron chi connectivity index (χ3n) is 4.85. The van der Waals surface area contributed by atoms with Crippen LogP contribution in [0.15, 0.2) is 73.9 Å². The summed E-state index contributed by atoms with van der Waals surface area (Å²) in [5, 5.41) is 0. The molecule has 4 heteroatoms. The van der Waals surface area contributed by atoms with Crippen molar-refractivity contribution in [2.24, 2.45) is 0 Å². The number of benzene rings is 2. The predicted molar refractivity (Wildman–Crippen MR) is 131 cm³/mol. The van der Waals surface area contributed by atoms with Crippen molar-refractivity contribution in [2.45, 2.75) is 40.5 Å². The SMILES string of the molecule is C=CCc1cc(C(=C\C)/C(=C/C)c2ccc(OC(C)=O)c(CC=C)c2)ccc1OC(C)=O. The fourth-order valence-corrected chi connectivity index (χ4v) is 3.59. The van der Waals surface area contributed by atoms with Gasteiger partial charge in [-0.15, -0.1) is 13.2 Å². The first kappa shape index (κ1) is 24.6. The van der Waals surface area contributed by atoms with Gasteiger partial charge in [0.05, 0.1) is 0 Å². The Morgan fingerprint density at radius 2 is 1.12 bits per heavy atom. The second-order valence-corrected chi connectivity index (χ2v) is 7.22. The molecule has 0 spiro atoms. The van der Waals surface area contributed by atoms with Gasteiger partial charge in [0.2, 0.25) is 0 Å². The minimum atomic E-state index is -0.355. The smallest absolute Gasteiger partial charge is 0.308 e. The monoisotopic (exact) mass is 430 g/mol. The topological polar surface area (TPSA) is 52.6 Å². The molecule has 0 N–H and O–H groups in total. The van der Waals surface area contributed by atoms with E-state index >= 15 is 0 Å². The quantitative estimate of drug-likeness (QED) is 0.197. The number of hydrogen-bond donors (Lipinski definition) is 0. The van der Waals surface area contributed by atoms with Gasteiger partial charge in [-0.2, -0.15) is 0 Å². The fraction of sp³-hybridized carbons (Fsp3) is 0.214. The van der Waals surface area contributed by atoms with Gasteiger partial charge in [0.25, 0.3) is 0 Å². The highest BCUT2D eigenvalue weighted by Gasteiger charge is 2.15. The zero-order valence-corrected chi connectivity index (χ0v) is 19.2. The molecular formula is C28H30O4. The normalized spacial score (nSPS) is 11.6. The molecule has 0 heterocycles. The Labute approximate surface area is 190 Å². The molecule has 0 aliphatic rings. The number of esters is 2. The van der Waals surface area contributed by atoms with Crippen LogP contribution in [0, 0.1) is 0 Å². The maximum Gasteiger partial charge on any atom is 0.308 e. The summed E-state index contributed by atoms with van der Waals surface area (Å²) >= 11 is 0. The first-order valence-electron chi connectivity index (χ1n) is 10.5. The Morgan fingerprint density at radius 1 is 0.750 bits per heavy atom. The average Bonchev–Trinajstić information content (AvgIpc) is 2.74. The van der Waals surface area contributed by atoms with Crippen LogP contribution in [0.3, 0.4) is 0 Å². The number of allylic oxidation sites excluding steroid dienone is 6. The van der Waals surface area contributed by atoms with Crippen LogP contribution in [0.2, 0.25) is 0 Å². The van der Waals surface area contributed by atoms with Crippen LogP contribution in [-0.2, 0) is 22.4 Å². The Bertz CT molecular complexity index is 999. The zero-order valence-electron chi connectivity index (χ0n) is 19.2. The number of carbonyl (C=O) groups excluding carboxylic acids is 2. The summed E-state index contributed by atoms with van der Waals surface area (Å²) in [6, 6.07) is 11.6. The first-order chi connectivity index (χ1) is 15.3. The molecule has 0 aromatic heterocycles. The standard InChI is InChI=1S/C28H30O4/c1-7-11-23-17-21(13-15-27(23)31-19(5)29)25(9-3)26(10-4)22-14-16-28(32-20(6)30)24(18-22)12-8-2/h7-10,13-18H,1-2,11-12H2,3-6H3/b25-9+,26-10+. The van der Waals surface area contributed by atoms with E-state index in [0.717, 1.165) is 33.4 Å². The molecule has 0 saturated carbocycles. The molecule has 0 aliphatic carbocycles. The minimum Gasteiger partial charge on any atom is -0.426 e. The molecule has 0 bridgehead atoms. The Balaban J connectivity index is 2.53. The fourth-order valence-electron chi connectivity index (χ4n) is 3.59. The third-order valence-corrected chi connectivity index (χ3v) is 4.85. The van der Waals surface area contributed by atoms with Crippen LogP contribution in [0.1, 0.15) is 49.9 Å². The van der Waals surface area contributed by atoms with Crippen molar-refractivity contribution in [3.63, 3.8) is 0 Å². The molecule has 0 radical (unpaired) electrons. The van der Waals surface area contributed by atoms with Crippen molar-refractivity contribution < 1.29 is 19.1 Å². The van der Waals surface area contributed by atoms with E-state index in [0.29, 0.717) is 24.3 Å². The van der Waals surface area contributed by atoms with Crippen LogP contribution in [-0.4, -0.2) is 11.9 Å². The van der Waals surface area contributed by atoms with Crippen molar-refractivity contribution in [1.82, 2.24) is 0 Å². The van der Waals surface area contributed by atoms with E-state index in [1.54, 1.807) is 12.2 Å². The molecule has 2 aromatic rings. The molecule has 0 unspecified atom stereocenters. The summed E-state index contributed by atoms with van der Waals surface area (Å²) in [6.07, 6.45) is 8.85. The maximum atomic E-state index is 11.5. The van der Waals surface area contributed by atoms with Gasteiger partial charge >= 0.3 is 11.9 Å². The average molecular weight is 431 g/mol. The first-order valence-corrected chi connectivity index (χ1v) is 10.5. The third kappa shape index (κ3) is 6.17. The van der Waals surface area contributed by atoms with Crippen molar-refractivity contribution in [3.05, 3.63) is 96.1 Å². The molecule has 0 atom stereocenters. The van der Waals surface area contributed by atoms with Crippen molar-refractivity contribution in [3.8, 4) is 11.5 Å². The Hall–Kier alpha value is -3.66. The highest BCUT2D eigenvalue weighted by Crippen LogP contribution is 2.36. The summed E-state index contributed by atoms with van der Waals surface area (Å²) in [6.45, 7) is 14.4.